The van der Waals surface area contributed by atoms with Crippen molar-refractivity contribution in [3.05, 3.63) is 23.9 Å². The summed E-state index contributed by atoms with van der Waals surface area (Å²) < 4.78 is 5.05. The smallest absolute Gasteiger partial charge is 0.223 e. The average molecular weight is 291 g/mol. The normalized spacial score (nSPS) is 15.6. The van der Waals surface area contributed by atoms with E-state index in [4.69, 9.17) is 4.74 Å². The van der Waals surface area contributed by atoms with Gasteiger partial charge in [0.15, 0.2) is 0 Å². The molecule has 1 aliphatic heterocycles. The number of amides is 2. The molecule has 2 amide bonds. The summed E-state index contributed by atoms with van der Waals surface area (Å²) >= 11 is 0. The number of nitrogens with zero attached hydrogens (tertiary/aromatic N) is 2. The molecule has 114 valence electrons. The number of aromatic nitrogens is 1. The van der Waals surface area contributed by atoms with E-state index in [1.54, 1.807) is 31.2 Å². The van der Waals surface area contributed by atoms with E-state index < -0.39 is 0 Å². The molecule has 0 atom stereocenters. The van der Waals surface area contributed by atoms with Crippen molar-refractivity contribution in [2.75, 3.05) is 20.2 Å². The van der Waals surface area contributed by atoms with Gasteiger partial charge in [-0.2, -0.15) is 0 Å². The molecule has 0 bridgehead atoms. The molecule has 21 heavy (non-hydrogen) atoms. The van der Waals surface area contributed by atoms with Crippen LogP contribution in [0.2, 0.25) is 0 Å². The number of hydrogen-bond acceptors (Lipinski definition) is 4. The second-order valence-electron chi connectivity index (χ2n) is 5.20. The summed E-state index contributed by atoms with van der Waals surface area (Å²) in [4.78, 5) is 29.2. The fourth-order valence-electron chi connectivity index (χ4n) is 2.46. The maximum Gasteiger partial charge on any atom is 0.223 e. The largest absolute Gasteiger partial charge is 0.481 e. The molecule has 1 N–H and O–H groups in total. The summed E-state index contributed by atoms with van der Waals surface area (Å²) in [5.74, 6) is 0.660. The van der Waals surface area contributed by atoms with E-state index in [0.29, 0.717) is 25.5 Å². The Hall–Kier alpha value is -2.11. The summed E-state index contributed by atoms with van der Waals surface area (Å²) in [6, 6.07) is 3.65. The summed E-state index contributed by atoms with van der Waals surface area (Å²) in [7, 11) is 1.56. The highest BCUT2D eigenvalue weighted by atomic mass is 16.5. The molecule has 2 rings (SSSR count). The SMILES string of the molecule is COc1cc(CNC(=O)C2CCN(C(C)=O)CC2)ccn1. The lowest BCUT2D eigenvalue weighted by Crippen LogP contribution is -2.42. The summed E-state index contributed by atoms with van der Waals surface area (Å²) in [5.41, 5.74) is 0.955. The number of piperidine rings is 1. The van der Waals surface area contributed by atoms with Gasteiger partial charge < -0.3 is 15.0 Å². The molecule has 1 aromatic heterocycles. The van der Waals surface area contributed by atoms with Crippen molar-refractivity contribution in [2.24, 2.45) is 5.92 Å². The molecular weight excluding hydrogens is 270 g/mol. The van der Waals surface area contributed by atoms with Gasteiger partial charge in [0.2, 0.25) is 17.7 Å². The first-order valence-electron chi connectivity index (χ1n) is 7.12. The Kier molecular flexibility index (Phi) is 5.14. The molecule has 0 spiro atoms. The van der Waals surface area contributed by atoms with Crippen molar-refractivity contribution in [2.45, 2.75) is 26.3 Å². The van der Waals surface area contributed by atoms with Crippen molar-refractivity contribution in [3.8, 4) is 5.88 Å². The zero-order valence-corrected chi connectivity index (χ0v) is 12.5. The predicted octanol–water partition coefficient (Wildman–Crippen LogP) is 0.965. The Morgan fingerprint density at radius 2 is 2.14 bits per heavy atom. The highest BCUT2D eigenvalue weighted by Crippen LogP contribution is 2.17. The van der Waals surface area contributed by atoms with Crippen LogP contribution in [-0.2, 0) is 16.1 Å². The maximum absolute atomic E-state index is 12.1. The van der Waals surface area contributed by atoms with E-state index in [1.807, 2.05) is 6.07 Å². The molecule has 1 fully saturated rings. The quantitative estimate of drug-likeness (QED) is 0.897. The molecule has 0 unspecified atom stereocenters. The number of methoxy groups -OCH3 is 1. The Morgan fingerprint density at radius 3 is 2.76 bits per heavy atom. The number of hydrogen-bond donors (Lipinski definition) is 1. The van der Waals surface area contributed by atoms with Crippen LogP contribution < -0.4 is 10.1 Å². The van der Waals surface area contributed by atoms with E-state index in [1.165, 1.54) is 0 Å². The van der Waals surface area contributed by atoms with Crippen LogP contribution in [0.1, 0.15) is 25.3 Å². The maximum atomic E-state index is 12.1. The second kappa shape index (κ2) is 7.06. The molecule has 0 saturated carbocycles. The van der Waals surface area contributed by atoms with Crippen molar-refractivity contribution in [1.82, 2.24) is 15.2 Å². The van der Waals surface area contributed by atoms with Gasteiger partial charge in [-0.3, -0.25) is 9.59 Å². The van der Waals surface area contributed by atoms with Crippen LogP contribution in [-0.4, -0.2) is 41.9 Å². The van der Waals surface area contributed by atoms with Crippen LogP contribution in [0, 0.1) is 5.92 Å². The average Bonchev–Trinajstić information content (AvgIpc) is 2.53. The van der Waals surface area contributed by atoms with E-state index in [9.17, 15) is 9.59 Å². The van der Waals surface area contributed by atoms with Gasteiger partial charge in [0.1, 0.15) is 0 Å². The van der Waals surface area contributed by atoms with E-state index >= 15 is 0 Å². The van der Waals surface area contributed by atoms with Gasteiger partial charge in [-0.1, -0.05) is 0 Å². The van der Waals surface area contributed by atoms with Crippen molar-refractivity contribution < 1.29 is 14.3 Å². The summed E-state index contributed by atoms with van der Waals surface area (Å²) in [6.07, 6.45) is 3.11. The minimum Gasteiger partial charge on any atom is -0.481 e. The summed E-state index contributed by atoms with van der Waals surface area (Å²) in [6.45, 7) is 3.36. The lowest BCUT2D eigenvalue weighted by atomic mass is 9.96. The fraction of sp³-hybridized carbons (Fsp3) is 0.533. The molecule has 1 aliphatic rings. The van der Waals surface area contributed by atoms with Gasteiger partial charge in [0.25, 0.3) is 0 Å². The molecule has 0 aliphatic carbocycles. The van der Waals surface area contributed by atoms with E-state index in [0.717, 1.165) is 18.4 Å². The number of carbonyl (C=O) groups is 2. The fourth-order valence-corrected chi connectivity index (χ4v) is 2.46. The van der Waals surface area contributed by atoms with Crippen LogP contribution in [0.3, 0.4) is 0 Å². The third-order valence-electron chi connectivity index (χ3n) is 3.79. The molecule has 0 radical (unpaired) electrons. The topological polar surface area (TPSA) is 71.5 Å². The van der Waals surface area contributed by atoms with Crippen LogP contribution >= 0.6 is 0 Å². The van der Waals surface area contributed by atoms with Gasteiger partial charge >= 0.3 is 0 Å². The van der Waals surface area contributed by atoms with Gasteiger partial charge in [0, 0.05) is 44.7 Å². The minimum absolute atomic E-state index is 0.00988. The Labute approximate surface area is 124 Å². The van der Waals surface area contributed by atoms with E-state index in [2.05, 4.69) is 10.3 Å². The highest BCUT2D eigenvalue weighted by molar-refractivity contribution is 5.79. The molecule has 1 saturated heterocycles. The van der Waals surface area contributed by atoms with Crippen molar-refractivity contribution in [1.29, 1.82) is 0 Å². The number of nitrogens with one attached hydrogen (secondary N) is 1. The third-order valence-corrected chi connectivity index (χ3v) is 3.79. The summed E-state index contributed by atoms with van der Waals surface area (Å²) in [5, 5.41) is 2.94. The third kappa shape index (κ3) is 4.18. The molecule has 6 heteroatoms. The van der Waals surface area contributed by atoms with Crippen LogP contribution in [0.15, 0.2) is 18.3 Å². The lowest BCUT2D eigenvalue weighted by Gasteiger charge is -2.30. The molecular formula is C15H21N3O3. The monoisotopic (exact) mass is 291 g/mol. The first-order valence-corrected chi connectivity index (χ1v) is 7.12. The first-order chi connectivity index (χ1) is 10.1. The van der Waals surface area contributed by atoms with Crippen LogP contribution in [0.25, 0.3) is 0 Å². The first kappa shape index (κ1) is 15.3. The Morgan fingerprint density at radius 1 is 1.43 bits per heavy atom. The number of carbonyl (C=O) groups excluding carboxylic acids is 2. The molecule has 1 aromatic rings. The van der Waals surface area contributed by atoms with Crippen molar-refractivity contribution >= 4 is 11.8 Å². The van der Waals surface area contributed by atoms with Gasteiger partial charge in [-0.15, -0.1) is 0 Å². The number of ether oxygens (including phenoxy) is 1. The zero-order valence-electron chi connectivity index (χ0n) is 12.5. The minimum atomic E-state index is -0.00988. The lowest BCUT2D eigenvalue weighted by molar-refractivity contribution is -0.134. The second-order valence-corrected chi connectivity index (χ2v) is 5.20. The van der Waals surface area contributed by atoms with Gasteiger partial charge in [-0.25, -0.2) is 4.98 Å². The van der Waals surface area contributed by atoms with Gasteiger partial charge in [-0.05, 0) is 24.5 Å². The number of pyridine rings is 1. The highest BCUT2D eigenvalue weighted by Gasteiger charge is 2.25. The molecule has 6 nitrogen and oxygen atoms in total. The van der Waals surface area contributed by atoms with Crippen molar-refractivity contribution in [3.63, 3.8) is 0 Å². The molecule has 2 heterocycles. The standard InChI is InChI=1S/C15H21N3O3/c1-11(19)18-7-4-13(5-8-18)15(20)17-10-12-3-6-16-14(9-12)21-2/h3,6,9,13H,4-5,7-8,10H2,1-2H3,(H,17,20). The Balaban J connectivity index is 1.81. The number of likely N-dealkylation sites (tertiary alicyclic amines) is 1. The predicted molar refractivity (Wildman–Crippen MR) is 77.6 cm³/mol. The van der Waals surface area contributed by atoms with Crippen LogP contribution in [0.4, 0.5) is 0 Å². The van der Waals surface area contributed by atoms with E-state index in [-0.39, 0.29) is 17.7 Å². The van der Waals surface area contributed by atoms with Gasteiger partial charge in [0.05, 0.1) is 7.11 Å². The zero-order chi connectivity index (χ0) is 15.2. The Bertz CT molecular complexity index is 511. The number of rotatable bonds is 4. The van der Waals surface area contributed by atoms with Crippen LogP contribution in [0.5, 0.6) is 5.88 Å². The molecule has 0 aromatic carbocycles.